The van der Waals surface area contributed by atoms with Gasteiger partial charge in [-0.1, -0.05) is 0 Å². The quantitative estimate of drug-likeness (QED) is 0.527. The summed E-state index contributed by atoms with van der Waals surface area (Å²) in [5.41, 5.74) is 0. The van der Waals surface area contributed by atoms with Crippen LogP contribution in [0.4, 0.5) is 0 Å². The van der Waals surface area contributed by atoms with E-state index in [1.165, 1.54) is 0 Å². The Morgan fingerprint density at radius 2 is 0.700 bits per heavy atom. The lowest BCUT2D eigenvalue weighted by molar-refractivity contribution is -0.0388. The second-order valence-electron chi connectivity index (χ2n) is 4.17. The summed E-state index contributed by atoms with van der Waals surface area (Å²) in [6.07, 6.45) is -2.44. The molecule has 2 unspecified atom stereocenters. The molecule has 1 rings (SSSR count). The molecular weight excluding hydrogens is 397 g/mol. The average molecular weight is 413 g/mol. The highest BCUT2D eigenvalue weighted by Gasteiger charge is 2.46. The first-order chi connectivity index (χ1) is 9.18. The SMILES string of the molecule is Cl[C@H]1[C@H](Cl)[C@@H](Cl)[C@@H](Cl)[C@H](Cl)[C@H]1Cl.OCC(O)C(O)CO. The highest BCUT2D eigenvalue weighted by molar-refractivity contribution is 6.45. The number of hydrogen-bond donors (Lipinski definition) is 4. The summed E-state index contributed by atoms with van der Waals surface area (Å²) in [6.45, 7) is -1.05. The van der Waals surface area contributed by atoms with Crippen LogP contribution in [0, 0.1) is 0 Å². The summed E-state index contributed by atoms with van der Waals surface area (Å²) in [5, 5.41) is 30.5. The van der Waals surface area contributed by atoms with Gasteiger partial charge in [0.15, 0.2) is 0 Å². The van der Waals surface area contributed by atoms with Crippen LogP contribution >= 0.6 is 69.6 Å². The summed E-state index contributed by atoms with van der Waals surface area (Å²) >= 11 is 35.3. The minimum absolute atomic E-state index is 0.437. The molecular formula is C10H16Cl6O4. The number of rotatable bonds is 3. The van der Waals surface area contributed by atoms with E-state index < -0.39 is 57.7 Å². The number of alkyl halides is 6. The maximum absolute atomic E-state index is 8.47. The smallest absolute Gasteiger partial charge is 0.105 e. The van der Waals surface area contributed by atoms with E-state index in [1.54, 1.807) is 0 Å². The Balaban J connectivity index is 0.000000396. The zero-order valence-electron chi connectivity index (χ0n) is 10.1. The van der Waals surface area contributed by atoms with Gasteiger partial charge in [-0.2, -0.15) is 0 Å². The van der Waals surface area contributed by atoms with Crippen LogP contribution in [0.3, 0.4) is 0 Å². The fourth-order valence-electron chi connectivity index (χ4n) is 1.30. The fourth-order valence-corrected chi connectivity index (χ4v) is 3.62. The van der Waals surface area contributed by atoms with Gasteiger partial charge in [0.05, 0.1) is 45.5 Å². The molecule has 0 heterocycles. The van der Waals surface area contributed by atoms with Gasteiger partial charge < -0.3 is 20.4 Å². The first-order valence-corrected chi connectivity index (χ1v) is 8.23. The van der Waals surface area contributed by atoms with Gasteiger partial charge in [-0.15, -0.1) is 69.6 Å². The summed E-state index contributed by atoms with van der Waals surface area (Å²) in [4.78, 5) is 0. The standard InChI is InChI=1S/C6H6Cl6.C4H10O4/c7-1-2(8)4(10)6(12)5(11)3(1)9;5-1-3(7)4(8)2-6/h1-6H;3-8H,1-2H2/t1-,2-,3-,4+,5+,6+;. The van der Waals surface area contributed by atoms with E-state index in [0.29, 0.717) is 0 Å². The van der Waals surface area contributed by atoms with Crippen molar-refractivity contribution in [3.05, 3.63) is 0 Å². The third-order valence-electron chi connectivity index (χ3n) is 2.64. The molecule has 0 aromatic carbocycles. The monoisotopic (exact) mass is 410 g/mol. The van der Waals surface area contributed by atoms with Crippen molar-refractivity contribution < 1.29 is 20.4 Å². The Kier molecular flexibility index (Phi) is 11.2. The van der Waals surface area contributed by atoms with E-state index in [2.05, 4.69) is 0 Å². The van der Waals surface area contributed by atoms with Crippen LogP contribution in [0.15, 0.2) is 0 Å². The van der Waals surface area contributed by atoms with Crippen molar-refractivity contribution in [2.75, 3.05) is 13.2 Å². The molecule has 1 aliphatic rings. The maximum atomic E-state index is 8.47. The van der Waals surface area contributed by atoms with Gasteiger partial charge in [0.25, 0.3) is 0 Å². The van der Waals surface area contributed by atoms with Crippen LogP contribution in [0.1, 0.15) is 0 Å². The summed E-state index contributed by atoms with van der Waals surface area (Å²) in [5.74, 6) is 0. The van der Waals surface area contributed by atoms with Crippen molar-refractivity contribution in [1.29, 1.82) is 0 Å². The molecule has 0 saturated heterocycles. The average Bonchev–Trinajstić information content (AvgIpc) is 2.47. The molecule has 0 aromatic rings. The van der Waals surface area contributed by atoms with Crippen molar-refractivity contribution in [1.82, 2.24) is 0 Å². The van der Waals surface area contributed by atoms with E-state index in [9.17, 15) is 0 Å². The molecule has 2 atom stereocenters. The van der Waals surface area contributed by atoms with Gasteiger partial charge in [-0.25, -0.2) is 0 Å². The Morgan fingerprint density at radius 3 is 0.800 bits per heavy atom. The minimum atomic E-state index is -1.22. The summed E-state index contributed by atoms with van der Waals surface area (Å²) in [7, 11) is 0. The van der Waals surface area contributed by atoms with E-state index in [4.69, 9.17) is 90.0 Å². The van der Waals surface area contributed by atoms with E-state index in [0.717, 1.165) is 0 Å². The second-order valence-corrected chi connectivity index (χ2v) is 7.19. The number of aliphatic hydroxyl groups excluding tert-OH is 4. The Hall–Kier alpha value is 1.58. The predicted molar refractivity (Wildman–Crippen MR) is 84.0 cm³/mol. The fraction of sp³-hybridized carbons (Fsp3) is 1.00. The van der Waals surface area contributed by atoms with Gasteiger partial charge in [0.1, 0.15) is 12.2 Å². The third-order valence-corrected chi connectivity index (χ3v) is 6.67. The van der Waals surface area contributed by atoms with Crippen LogP contribution in [0.2, 0.25) is 0 Å². The number of hydrogen-bond acceptors (Lipinski definition) is 4. The Labute approximate surface area is 147 Å². The molecule has 10 heteroatoms. The zero-order chi connectivity index (χ0) is 16.0. The van der Waals surface area contributed by atoms with Crippen molar-refractivity contribution in [2.45, 2.75) is 44.5 Å². The predicted octanol–water partition coefficient (Wildman–Crippen LogP) is 1.34. The molecule has 1 saturated carbocycles. The van der Waals surface area contributed by atoms with Gasteiger partial charge in [-0.05, 0) is 0 Å². The first kappa shape index (κ1) is 21.6. The molecule has 1 aliphatic carbocycles. The van der Waals surface area contributed by atoms with Gasteiger partial charge >= 0.3 is 0 Å². The molecule has 122 valence electrons. The van der Waals surface area contributed by atoms with Crippen LogP contribution in [-0.2, 0) is 0 Å². The van der Waals surface area contributed by atoms with Gasteiger partial charge in [-0.3, -0.25) is 0 Å². The molecule has 0 bridgehead atoms. The van der Waals surface area contributed by atoms with Gasteiger partial charge in [0.2, 0.25) is 0 Å². The molecule has 0 aliphatic heterocycles. The van der Waals surface area contributed by atoms with Crippen molar-refractivity contribution in [3.63, 3.8) is 0 Å². The highest BCUT2D eigenvalue weighted by Crippen LogP contribution is 2.39. The Bertz CT molecular complexity index is 208. The maximum Gasteiger partial charge on any atom is 0.105 e. The van der Waals surface area contributed by atoms with Crippen molar-refractivity contribution >= 4 is 69.6 Å². The molecule has 20 heavy (non-hydrogen) atoms. The van der Waals surface area contributed by atoms with Crippen LogP contribution in [0.5, 0.6) is 0 Å². The lowest BCUT2D eigenvalue weighted by Crippen LogP contribution is -2.52. The van der Waals surface area contributed by atoms with Crippen LogP contribution in [-0.4, -0.2) is 78.1 Å². The third kappa shape index (κ3) is 5.99. The topological polar surface area (TPSA) is 80.9 Å². The van der Waals surface area contributed by atoms with E-state index in [-0.39, 0.29) is 0 Å². The molecule has 0 radical (unpaired) electrons. The highest BCUT2D eigenvalue weighted by atomic mass is 35.5. The second kappa shape index (κ2) is 10.4. The van der Waals surface area contributed by atoms with Crippen molar-refractivity contribution in [2.24, 2.45) is 0 Å². The zero-order valence-corrected chi connectivity index (χ0v) is 14.6. The molecule has 4 N–H and O–H groups in total. The first-order valence-electron chi connectivity index (χ1n) is 5.61. The normalized spacial score (nSPS) is 40.5. The van der Waals surface area contributed by atoms with E-state index >= 15 is 0 Å². The van der Waals surface area contributed by atoms with Crippen LogP contribution < -0.4 is 0 Å². The van der Waals surface area contributed by atoms with Gasteiger partial charge in [0, 0.05) is 0 Å². The number of aliphatic hydroxyl groups is 4. The van der Waals surface area contributed by atoms with Crippen LogP contribution in [0.25, 0.3) is 0 Å². The molecule has 0 aromatic heterocycles. The number of halogens is 6. The summed E-state index contributed by atoms with van der Waals surface area (Å²) in [6, 6.07) is 0. The van der Waals surface area contributed by atoms with Crippen molar-refractivity contribution in [3.8, 4) is 0 Å². The molecule has 1 fully saturated rings. The minimum Gasteiger partial charge on any atom is -0.394 e. The Morgan fingerprint density at radius 1 is 0.550 bits per heavy atom. The lowest BCUT2D eigenvalue weighted by Gasteiger charge is -2.37. The van der Waals surface area contributed by atoms with E-state index in [1.807, 2.05) is 0 Å². The largest absolute Gasteiger partial charge is 0.394 e. The molecule has 0 amide bonds. The molecule has 4 nitrogen and oxygen atoms in total. The molecule has 0 spiro atoms. The lowest BCUT2D eigenvalue weighted by atomic mass is 9.97. The summed E-state index contributed by atoms with van der Waals surface area (Å²) < 4.78 is 0.